The first-order valence-electron chi connectivity index (χ1n) is 8.67. The van der Waals surface area contributed by atoms with Crippen LogP contribution >= 0.6 is 0 Å². The molecule has 1 aliphatic rings. The molecule has 1 aliphatic heterocycles. The molecule has 0 spiro atoms. The number of aryl methyl sites for hydroxylation is 1. The fourth-order valence-corrected chi connectivity index (χ4v) is 3.06. The van der Waals surface area contributed by atoms with E-state index in [9.17, 15) is 14.7 Å². The lowest BCUT2D eigenvalue weighted by atomic mass is 10.1. The summed E-state index contributed by atoms with van der Waals surface area (Å²) in [7, 11) is 0. The zero-order valence-corrected chi connectivity index (χ0v) is 14.8. The van der Waals surface area contributed by atoms with Gasteiger partial charge in [-0.2, -0.15) is 0 Å². The van der Waals surface area contributed by atoms with Gasteiger partial charge in [-0.05, 0) is 31.2 Å². The Morgan fingerprint density at radius 2 is 2.00 bits per heavy atom. The molecular weight excluding hydrogens is 304 g/mol. The van der Waals surface area contributed by atoms with E-state index in [2.05, 4.69) is 5.32 Å². The molecule has 1 saturated heterocycles. The number of amides is 2. The Labute approximate surface area is 144 Å². The molecule has 1 aromatic carbocycles. The van der Waals surface area contributed by atoms with E-state index in [1.807, 2.05) is 45.0 Å². The topological polar surface area (TPSA) is 69.6 Å². The largest absolute Gasteiger partial charge is 0.391 e. The molecule has 5 heteroatoms. The van der Waals surface area contributed by atoms with Crippen molar-refractivity contribution in [3.05, 3.63) is 35.4 Å². The van der Waals surface area contributed by atoms with Crippen LogP contribution in [0.5, 0.6) is 0 Å². The molecule has 24 heavy (non-hydrogen) atoms. The lowest BCUT2D eigenvalue weighted by Gasteiger charge is -2.25. The molecule has 2 unspecified atom stereocenters. The Bertz CT molecular complexity index is 568. The highest BCUT2D eigenvalue weighted by molar-refractivity contribution is 5.90. The standard InChI is InChI=1S/C19H28N2O3/c1-13(2)10-16(22)11-20-19(24)17-8-9-18(23)21(17)12-15-6-4-14(3)5-7-15/h4-7,13,16-17,22H,8-12H2,1-3H3,(H,20,24). The molecule has 5 nitrogen and oxygen atoms in total. The van der Waals surface area contributed by atoms with Gasteiger partial charge in [-0.15, -0.1) is 0 Å². The summed E-state index contributed by atoms with van der Waals surface area (Å²) in [5.74, 6) is 0.220. The lowest BCUT2D eigenvalue weighted by Crippen LogP contribution is -2.46. The Morgan fingerprint density at radius 3 is 2.62 bits per heavy atom. The van der Waals surface area contributed by atoms with Crippen LogP contribution in [0.15, 0.2) is 24.3 Å². The van der Waals surface area contributed by atoms with Gasteiger partial charge in [0.15, 0.2) is 0 Å². The molecule has 1 heterocycles. The van der Waals surface area contributed by atoms with Gasteiger partial charge in [-0.25, -0.2) is 0 Å². The van der Waals surface area contributed by atoms with Crippen molar-refractivity contribution >= 4 is 11.8 Å². The van der Waals surface area contributed by atoms with Crippen molar-refractivity contribution in [3.63, 3.8) is 0 Å². The molecule has 0 radical (unpaired) electrons. The van der Waals surface area contributed by atoms with Crippen LogP contribution in [0.4, 0.5) is 0 Å². The molecule has 2 amide bonds. The van der Waals surface area contributed by atoms with E-state index in [0.717, 1.165) is 5.56 Å². The van der Waals surface area contributed by atoms with Gasteiger partial charge in [0.25, 0.3) is 0 Å². The molecular formula is C19H28N2O3. The molecule has 2 rings (SSSR count). The van der Waals surface area contributed by atoms with Crippen LogP contribution in [-0.2, 0) is 16.1 Å². The van der Waals surface area contributed by atoms with Gasteiger partial charge >= 0.3 is 0 Å². The second kappa shape index (κ2) is 8.29. The maximum absolute atomic E-state index is 12.4. The number of benzene rings is 1. The molecule has 2 N–H and O–H groups in total. The van der Waals surface area contributed by atoms with Crippen molar-refractivity contribution in [2.45, 2.75) is 58.7 Å². The highest BCUT2D eigenvalue weighted by Gasteiger charge is 2.35. The highest BCUT2D eigenvalue weighted by Crippen LogP contribution is 2.22. The number of nitrogens with one attached hydrogen (secondary N) is 1. The van der Waals surface area contributed by atoms with Crippen molar-refractivity contribution in [1.82, 2.24) is 10.2 Å². The van der Waals surface area contributed by atoms with Crippen LogP contribution < -0.4 is 5.32 Å². The van der Waals surface area contributed by atoms with E-state index >= 15 is 0 Å². The van der Waals surface area contributed by atoms with Crippen LogP contribution in [-0.4, -0.2) is 40.5 Å². The summed E-state index contributed by atoms with van der Waals surface area (Å²) in [6.45, 7) is 6.77. The summed E-state index contributed by atoms with van der Waals surface area (Å²) >= 11 is 0. The molecule has 132 valence electrons. The zero-order valence-electron chi connectivity index (χ0n) is 14.8. The first kappa shape index (κ1) is 18.5. The summed E-state index contributed by atoms with van der Waals surface area (Å²) < 4.78 is 0. The Balaban J connectivity index is 1.93. The SMILES string of the molecule is Cc1ccc(CN2C(=O)CCC2C(=O)NCC(O)CC(C)C)cc1. The summed E-state index contributed by atoms with van der Waals surface area (Å²) in [5.41, 5.74) is 2.19. The van der Waals surface area contributed by atoms with Crippen LogP contribution in [0.1, 0.15) is 44.2 Å². The third-order valence-corrected chi connectivity index (χ3v) is 4.36. The highest BCUT2D eigenvalue weighted by atomic mass is 16.3. The van der Waals surface area contributed by atoms with Gasteiger partial charge in [0.1, 0.15) is 6.04 Å². The smallest absolute Gasteiger partial charge is 0.242 e. The number of likely N-dealkylation sites (tertiary alicyclic amines) is 1. The first-order valence-corrected chi connectivity index (χ1v) is 8.67. The van der Waals surface area contributed by atoms with E-state index in [-0.39, 0.29) is 18.4 Å². The van der Waals surface area contributed by atoms with Gasteiger partial charge in [-0.1, -0.05) is 43.7 Å². The number of carbonyl (C=O) groups excluding carboxylic acids is 2. The quantitative estimate of drug-likeness (QED) is 0.802. The Kier molecular flexibility index (Phi) is 6.37. The number of nitrogens with zero attached hydrogens (tertiary/aromatic N) is 1. The summed E-state index contributed by atoms with van der Waals surface area (Å²) in [5, 5.41) is 12.7. The molecule has 1 fully saturated rings. The molecule has 0 aliphatic carbocycles. The third kappa shape index (κ3) is 5.06. The number of hydrogen-bond donors (Lipinski definition) is 2. The Morgan fingerprint density at radius 1 is 1.33 bits per heavy atom. The van der Waals surface area contributed by atoms with Crippen molar-refractivity contribution in [2.75, 3.05) is 6.54 Å². The first-order chi connectivity index (χ1) is 11.4. The third-order valence-electron chi connectivity index (χ3n) is 4.36. The van der Waals surface area contributed by atoms with E-state index in [4.69, 9.17) is 0 Å². The lowest BCUT2D eigenvalue weighted by molar-refractivity contribution is -0.136. The van der Waals surface area contributed by atoms with Crippen molar-refractivity contribution in [3.8, 4) is 0 Å². The van der Waals surface area contributed by atoms with Crippen LogP contribution in [0, 0.1) is 12.8 Å². The predicted molar refractivity (Wildman–Crippen MR) is 93.2 cm³/mol. The second-order valence-electron chi connectivity index (χ2n) is 7.09. The predicted octanol–water partition coefficient (Wildman–Crippen LogP) is 2.01. The normalized spacial score (nSPS) is 19.0. The number of rotatable bonds is 7. The summed E-state index contributed by atoms with van der Waals surface area (Å²) in [4.78, 5) is 26.2. The average molecular weight is 332 g/mol. The number of carbonyl (C=O) groups is 2. The van der Waals surface area contributed by atoms with Crippen LogP contribution in [0.25, 0.3) is 0 Å². The number of aliphatic hydroxyl groups excluding tert-OH is 1. The van der Waals surface area contributed by atoms with E-state index in [1.54, 1.807) is 4.90 Å². The number of aliphatic hydroxyl groups is 1. The summed E-state index contributed by atoms with van der Waals surface area (Å²) in [6, 6.07) is 7.55. The molecule has 2 atom stereocenters. The molecule has 0 bridgehead atoms. The van der Waals surface area contributed by atoms with Gasteiger partial charge in [-0.3, -0.25) is 9.59 Å². The number of hydrogen-bond acceptors (Lipinski definition) is 3. The van der Waals surface area contributed by atoms with Gasteiger partial charge in [0.05, 0.1) is 6.10 Å². The average Bonchev–Trinajstić information content (AvgIpc) is 2.88. The minimum absolute atomic E-state index is 0.0125. The maximum atomic E-state index is 12.4. The van der Waals surface area contributed by atoms with Crippen LogP contribution in [0.2, 0.25) is 0 Å². The fourth-order valence-electron chi connectivity index (χ4n) is 3.06. The van der Waals surface area contributed by atoms with Crippen LogP contribution in [0.3, 0.4) is 0 Å². The Hall–Kier alpha value is -1.88. The van der Waals surface area contributed by atoms with E-state index < -0.39 is 12.1 Å². The van der Waals surface area contributed by atoms with E-state index in [1.165, 1.54) is 5.56 Å². The van der Waals surface area contributed by atoms with Crippen molar-refractivity contribution in [2.24, 2.45) is 5.92 Å². The zero-order chi connectivity index (χ0) is 17.7. The van der Waals surface area contributed by atoms with Crippen molar-refractivity contribution in [1.29, 1.82) is 0 Å². The second-order valence-corrected chi connectivity index (χ2v) is 7.09. The van der Waals surface area contributed by atoms with Gasteiger partial charge in [0.2, 0.25) is 11.8 Å². The fraction of sp³-hybridized carbons (Fsp3) is 0.579. The molecule has 0 aromatic heterocycles. The minimum atomic E-state index is -0.545. The minimum Gasteiger partial charge on any atom is -0.391 e. The molecule has 1 aromatic rings. The maximum Gasteiger partial charge on any atom is 0.242 e. The van der Waals surface area contributed by atoms with Gasteiger partial charge < -0.3 is 15.3 Å². The van der Waals surface area contributed by atoms with Crippen molar-refractivity contribution < 1.29 is 14.7 Å². The monoisotopic (exact) mass is 332 g/mol. The van der Waals surface area contributed by atoms with Gasteiger partial charge in [0, 0.05) is 19.5 Å². The summed E-state index contributed by atoms with van der Waals surface area (Å²) in [6.07, 6.45) is 1.04. The molecule has 0 saturated carbocycles. The van der Waals surface area contributed by atoms with E-state index in [0.29, 0.717) is 31.7 Å².